The van der Waals surface area contributed by atoms with Gasteiger partial charge in [-0.25, -0.2) is 0 Å². The zero-order valence-corrected chi connectivity index (χ0v) is 11.1. The maximum atomic E-state index is 11.5. The number of carbonyl (C=O) groups is 1. The van der Waals surface area contributed by atoms with Crippen molar-refractivity contribution >= 4 is 23.2 Å². The molecule has 19 heavy (non-hydrogen) atoms. The molecule has 1 aliphatic carbocycles. The molecule has 0 amide bonds. The first-order valence-corrected chi connectivity index (χ1v) is 6.86. The van der Waals surface area contributed by atoms with Crippen molar-refractivity contribution in [3.63, 3.8) is 0 Å². The van der Waals surface area contributed by atoms with E-state index in [1.165, 1.54) is 0 Å². The molecule has 2 N–H and O–H groups in total. The number of carbonyl (C=O) groups excluding carboxylic acids is 1. The summed E-state index contributed by atoms with van der Waals surface area (Å²) in [5.74, 6) is -0.650. The average molecular weight is 275 g/mol. The summed E-state index contributed by atoms with van der Waals surface area (Å²) in [6, 6.07) is 7.99. The molecule has 2 aliphatic rings. The number of fused-ring (bicyclic) bond motifs is 1. The van der Waals surface area contributed by atoms with Gasteiger partial charge in [-0.15, -0.1) is 0 Å². The number of hydrogen-bond acceptors (Lipinski definition) is 5. The van der Waals surface area contributed by atoms with E-state index in [9.17, 15) is 15.0 Å². The van der Waals surface area contributed by atoms with E-state index in [1.54, 1.807) is 17.8 Å². The highest BCUT2D eigenvalue weighted by Crippen LogP contribution is 2.46. The second-order valence-corrected chi connectivity index (χ2v) is 5.42. The maximum absolute atomic E-state index is 11.5. The Bertz CT molecular complexity index is 621. The Balaban J connectivity index is 1.99. The summed E-state index contributed by atoms with van der Waals surface area (Å²) in [4.78, 5) is 14.7. The van der Waals surface area contributed by atoms with Gasteiger partial charge in [0.2, 0.25) is 5.78 Å². The van der Waals surface area contributed by atoms with Gasteiger partial charge in [0.25, 0.3) is 0 Å². The molecule has 0 fully saturated rings. The highest BCUT2D eigenvalue weighted by Gasteiger charge is 2.37. The van der Waals surface area contributed by atoms with Gasteiger partial charge in [-0.05, 0) is 25.1 Å². The monoisotopic (exact) mass is 275 g/mol. The third-order valence-electron chi connectivity index (χ3n) is 3.27. The molecule has 3 rings (SSSR count). The van der Waals surface area contributed by atoms with Crippen LogP contribution in [0.25, 0.3) is 0 Å². The fourth-order valence-electron chi connectivity index (χ4n) is 2.22. The van der Waals surface area contributed by atoms with Crippen LogP contribution in [-0.4, -0.2) is 28.6 Å². The summed E-state index contributed by atoms with van der Waals surface area (Å²) < 4.78 is 0. The van der Waals surface area contributed by atoms with Gasteiger partial charge in [-0.1, -0.05) is 23.9 Å². The van der Waals surface area contributed by atoms with Crippen molar-refractivity contribution in [2.24, 2.45) is 0 Å². The van der Waals surface area contributed by atoms with Crippen LogP contribution in [0.4, 0.5) is 5.69 Å². The number of allylic oxidation sites excluding steroid dienone is 1. The second-order valence-electron chi connectivity index (χ2n) is 4.36. The number of hydrogen-bond donors (Lipinski definition) is 2. The van der Waals surface area contributed by atoms with Crippen molar-refractivity contribution in [1.29, 1.82) is 0 Å². The van der Waals surface area contributed by atoms with Crippen LogP contribution < -0.4 is 4.90 Å². The molecular formula is C14H13NO3S. The lowest BCUT2D eigenvalue weighted by Crippen LogP contribution is -2.36. The van der Waals surface area contributed by atoms with Gasteiger partial charge in [0.05, 0.1) is 16.3 Å². The van der Waals surface area contributed by atoms with E-state index in [0.717, 1.165) is 22.2 Å². The van der Waals surface area contributed by atoms with Gasteiger partial charge in [0, 0.05) is 11.4 Å². The van der Waals surface area contributed by atoms with Crippen molar-refractivity contribution in [1.82, 2.24) is 0 Å². The van der Waals surface area contributed by atoms with Crippen LogP contribution in [0.3, 0.4) is 0 Å². The van der Waals surface area contributed by atoms with Crippen molar-refractivity contribution in [2.45, 2.75) is 17.9 Å². The lowest BCUT2D eigenvalue weighted by molar-refractivity contribution is -0.126. The Morgan fingerprint density at radius 2 is 2.16 bits per heavy atom. The summed E-state index contributed by atoms with van der Waals surface area (Å²) in [6.45, 7) is 2.81. The molecular weight excluding hydrogens is 262 g/mol. The van der Waals surface area contributed by atoms with E-state index >= 15 is 0 Å². The molecule has 1 aliphatic heterocycles. The van der Waals surface area contributed by atoms with Crippen molar-refractivity contribution < 1.29 is 15.0 Å². The quantitative estimate of drug-likeness (QED) is 0.866. The average Bonchev–Trinajstić information content (AvgIpc) is 2.80. The number of anilines is 1. The van der Waals surface area contributed by atoms with Crippen LogP contribution in [0.5, 0.6) is 0 Å². The largest absolute Gasteiger partial charge is 0.508 e. The van der Waals surface area contributed by atoms with E-state index < -0.39 is 11.9 Å². The SMILES string of the molecule is CCN1/C(=C\C2=C(O)C(O)C2=O)Sc2ccccc21. The van der Waals surface area contributed by atoms with Crippen molar-refractivity contribution in [3.05, 3.63) is 46.7 Å². The molecule has 1 heterocycles. The van der Waals surface area contributed by atoms with E-state index in [4.69, 9.17) is 0 Å². The Kier molecular flexibility index (Phi) is 2.88. The van der Waals surface area contributed by atoms with Gasteiger partial charge in [-0.3, -0.25) is 4.79 Å². The number of para-hydroxylation sites is 1. The predicted octanol–water partition coefficient (Wildman–Crippen LogP) is 2.22. The Labute approximate surface area is 115 Å². The zero-order valence-electron chi connectivity index (χ0n) is 10.3. The molecule has 1 unspecified atom stereocenters. The number of ketones is 1. The molecule has 1 aromatic rings. The van der Waals surface area contributed by atoms with Gasteiger partial charge in [-0.2, -0.15) is 0 Å². The lowest BCUT2D eigenvalue weighted by atomic mass is 9.91. The van der Waals surface area contributed by atoms with Crippen LogP contribution in [-0.2, 0) is 4.79 Å². The van der Waals surface area contributed by atoms with Gasteiger partial charge in [0.15, 0.2) is 6.10 Å². The van der Waals surface area contributed by atoms with Gasteiger partial charge >= 0.3 is 0 Å². The summed E-state index contributed by atoms with van der Waals surface area (Å²) in [5.41, 5.74) is 1.31. The standard InChI is InChI=1S/C14H13NO3S/c1-2-15-9-5-3-4-6-10(9)19-11(15)7-8-12(16)14(18)13(8)17/h3-7,14,16,18H,2H2,1H3/b11-7+. The molecule has 0 spiro atoms. The molecule has 0 bridgehead atoms. The number of nitrogens with zero attached hydrogens (tertiary/aromatic N) is 1. The van der Waals surface area contributed by atoms with Gasteiger partial charge < -0.3 is 15.1 Å². The van der Waals surface area contributed by atoms with Crippen LogP contribution >= 0.6 is 11.8 Å². The second kappa shape index (κ2) is 4.43. The molecule has 0 aromatic heterocycles. The number of thioether (sulfide) groups is 1. The van der Waals surface area contributed by atoms with E-state index in [2.05, 4.69) is 4.90 Å². The molecule has 1 atom stereocenters. The Morgan fingerprint density at radius 1 is 1.42 bits per heavy atom. The first kappa shape index (κ1) is 12.3. The summed E-state index contributed by atoms with van der Waals surface area (Å²) in [6.07, 6.45) is 0.314. The minimum Gasteiger partial charge on any atom is -0.508 e. The van der Waals surface area contributed by atoms with E-state index in [0.29, 0.717) is 0 Å². The molecule has 4 nitrogen and oxygen atoms in total. The third kappa shape index (κ3) is 1.77. The molecule has 98 valence electrons. The summed E-state index contributed by atoms with van der Waals surface area (Å²) in [5, 5.41) is 19.6. The topological polar surface area (TPSA) is 60.8 Å². The molecule has 1 aromatic carbocycles. The van der Waals surface area contributed by atoms with Crippen molar-refractivity contribution in [3.8, 4) is 0 Å². The third-order valence-corrected chi connectivity index (χ3v) is 4.38. The first-order chi connectivity index (χ1) is 9.13. The number of aliphatic hydroxyl groups excluding tert-OH is 2. The van der Waals surface area contributed by atoms with E-state index in [-0.39, 0.29) is 11.3 Å². The fraction of sp³-hybridized carbons (Fsp3) is 0.214. The van der Waals surface area contributed by atoms with E-state index in [1.807, 2.05) is 31.2 Å². The van der Waals surface area contributed by atoms with Gasteiger partial charge in [0.1, 0.15) is 5.76 Å². The number of rotatable bonds is 2. The highest BCUT2D eigenvalue weighted by atomic mass is 32.2. The first-order valence-electron chi connectivity index (χ1n) is 6.05. The Hall–Kier alpha value is -1.72. The zero-order chi connectivity index (χ0) is 13.6. The van der Waals surface area contributed by atoms with Crippen molar-refractivity contribution in [2.75, 3.05) is 11.4 Å². The Morgan fingerprint density at radius 3 is 2.84 bits per heavy atom. The molecule has 0 radical (unpaired) electrons. The number of aliphatic hydroxyl groups is 2. The van der Waals surface area contributed by atoms with Crippen LogP contribution in [0.1, 0.15) is 6.92 Å². The normalized spacial score (nSPS) is 23.9. The minimum absolute atomic E-state index is 0.209. The highest BCUT2D eigenvalue weighted by molar-refractivity contribution is 8.03. The number of Topliss-reactive ketones (excluding diaryl/α,β-unsaturated/α-hetero) is 1. The number of benzene rings is 1. The fourth-order valence-corrected chi connectivity index (χ4v) is 3.39. The summed E-state index contributed by atoms with van der Waals surface area (Å²) in [7, 11) is 0. The van der Waals surface area contributed by atoms with Crippen LogP contribution in [0.2, 0.25) is 0 Å². The maximum Gasteiger partial charge on any atom is 0.202 e. The molecule has 0 saturated heterocycles. The lowest BCUT2D eigenvalue weighted by Gasteiger charge is -2.23. The molecule has 0 saturated carbocycles. The summed E-state index contributed by atoms with van der Waals surface area (Å²) >= 11 is 1.56. The predicted molar refractivity (Wildman–Crippen MR) is 74.1 cm³/mol. The van der Waals surface area contributed by atoms with Crippen LogP contribution in [0, 0.1) is 0 Å². The smallest absolute Gasteiger partial charge is 0.202 e. The van der Waals surface area contributed by atoms with Crippen LogP contribution in [0.15, 0.2) is 51.6 Å². The minimum atomic E-state index is -1.34. The molecule has 5 heteroatoms.